The maximum absolute atomic E-state index is 13.1. The number of benzene rings is 3. The van der Waals surface area contributed by atoms with Crippen molar-refractivity contribution >= 4 is 83.7 Å². The number of amides is 2. The van der Waals surface area contributed by atoms with Crippen LogP contribution >= 0.6 is 39.3 Å². The first-order valence-electron chi connectivity index (χ1n) is 10.4. The summed E-state index contributed by atoms with van der Waals surface area (Å²) in [5.41, 5.74) is 1.41. The van der Waals surface area contributed by atoms with Crippen molar-refractivity contribution in [3.05, 3.63) is 86.7 Å². The fraction of sp³-hybridized carbons (Fsp3) is 0.0417. The number of anilines is 2. The lowest BCUT2D eigenvalue weighted by Gasteiger charge is -2.14. The van der Waals surface area contributed by atoms with Gasteiger partial charge in [-0.15, -0.1) is 0 Å². The Hall–Kier alpha value is -3.16. The Balaban J connectivity index is 1.52. The van der Waals surface area contributed by atoms with Crippen LogP contribution in [0.3, 0.4) is 0 Å². The maximum Gasteiger partial charge on any atom is 0.271 e. The monoisotopic (exact) mass is 620 g/mol. The van der Waals surface area contributed by atoms with E-state index in [2.05, 4.69) is 21.2 Å². The van der Waals surface area contributed by atoms with Crippen molar-refractivity contribution in [2.75, 3.05) is 16.8 Å². The average molecular weight is 622 g/mol. The number of carbonyl (C=O) groups is 2. The van der Waals surface area contributed by atoms with Crippen molar-refractivity contribution in [3.63, 3.8) is 0 Å². The molecule has 1 saturated heterocycles. The first-order chi connectivity index (χ1) is 17.5. The third kappa shape index (κ3) is 6.59. The van der Waals surface area contributed by atoms with Crippen molar-refractivity contribution in [1.29, 1.82) is 5.41 Å². The molecule has 13 heteroatoms. The van der Waals surface area contributed by atoms with Gasteiger partial charge in [0.2, 0.25) is 10.0 Å². The molecular weight excluding hydrogens is 604 g/mol. The predicted molar refractivity (Wildman–Crippen MR) is 148 cm³/mol. The standard InChI is InChI=1S/C24H18BrClN4O5S2/c25-15-1-10-20(35-13-22(31)29-17-4-2-16(26)3-5-17)14(11-15)12-21-23(32)30(24(27)36-21)18-6-8-19(9-7-18)37(28,33)34/h1-12,27H,13H2,(H,29,31)(H2,28,33,34)/b21-12-,27-24?. The molecule has 4 N–H and O–H groups in total. The molecule has 1 aliphatic heterocycles. The summed E-state index contributed by atoms with van der Waals surface area (Å²) in [7, 11) is -3.89. The van der Waals surface area contributed by atoms with Crippen molar-refractivity contribution in [3.8, 4) is 5.75 Å². The molecule has 3 aromatic rings. The zero-order valence-electron chi connectivity index (χ0n) is 18.8. The molecule has 2 amide bonds. The van der Waals surface area contributed by atoms with Crippen LogP contribution in [0.2, 0.25) is 5.02 Å². The molecule has 0 bridgehead atoms. The molecule has 0 saturated carbocycles. The summed E-state index contributed by atoms with van der Waals surface area (Å²) in [4.78, 5) is 26.8. The SMILES string of the molecule is N=C1S/C(=C\c2cc(Br)ccc2OCC(=O)Nc2ccc(Cl)cc2)C(=O)N1c1ccc(S(N)(=O)=O)cc1. The van der Waals surface area contributed by atoms with Gasteiger partial charge in [0, 0.05) is 20.7 Å². The predicted octanol–water partition coefficient (Wildman–Crippen LogP) is 4.82. The summed E-state index contributed by atoms with van der Waals surface area (Å²) in [5, 5.41) is 16.6. The molecule has 0 aliphatic carbocycles. The Labute approximate surface area is 230 Å². The van der Waals surface area contributed by atoms with Crippen molar-refractivity contribution < 1.29 is 22.7 Å². The van der Waals surface area contributed by atoms with Crippen LogP contribution in [0.5, 0.6) is 5.75 Å². The lowest BCUT2D eigenvalue weighted by atomic mass is 10.2. The highest BCUT2D eigenvalue weighted by molar-refractivity contribution is 9.10. The van der Waals surface area contributed by atoms with Gasteiger partial charge in [-0.1, -0.05) is 27.5 Å². The first kappa shape index (κ1) is 26.9. The number of nitrogens with one attached hydrogen (secondary N) is 2. The Morgan fingerprint density at radius 3 is 2.46 bits per heavy atom. The molecule has 0 atom stereocenters. The Kier molecular flexibility index (Phi) is 8.05. The molecule has 37 heavy (non-hydrogen) atoms. The number of nitrogens with two attached hydrogens (primary N) is 1. The third-order valence-electron chi connectivity index (χ3n) is 4.99. The zero-order valence-corrected chi connectivity index (χ0v) is 22.7. The van der Waals surface area contributed by atoms with E-state index in [4.69, 9.17) is 26.9 Å². The molecule has 3 aromatic carbocycles. The summed E-state index contributed by atoms with van der Waals surface area (Å²) >= 11 is 10.2. The van der Waals surface area contributed by atoms with Crippen LogP contribution in [-0.4, -0.2) is 32.0 Å². The highest BCUT2D eigenvalue weighted by Crippen LogP contribution is 2.37. The van der Waals surface area contributed by atoms with Gasteiger partial charge < -0.3 is 10.1 Å². The Bertz CT molecular complexity index is 1530. The smallest absolute Gasteiger partial charge is 0.271 e. The van der Waals surface area contributed by atoms with E-state index in [-0.39, 0.29) is 27.5 Å². The van der Waals surface area contributed by atoms with E-state index in [0.29, 0.717) is 27.7 Å². The van der Waals surface area contributed by atoms with Gasteiger partial charge in [-0.3, -0.25) is 19.9 Å². The van der Waals surface area contributed by atoms with Gasteiger partial charge in [-0.25, -0.2) is 13.6 Å². The third-order valence-corrected chi connectivity index (χ3v) is 7.55. The summed E-state index contributed by atoms with van der Waals surface area (Å²) in [6.45, 7) is -0.278. The molecule has 1 aliphatic rings. The van der Waals surface area contributed by atoms with Crippen LogP contribution in [0.1, 0.15) is 5.56 Å². The second-order valence-corrected chi connectivity index (χ2v) is 11.6. The minimum Gasteiger partial charge on any atom is -0.483 e. The molecule has 1 fully saturated rings. The number of primary sulfonamides is 1. The van der Waals surface area contributed by atoms with E-state index >= 15 is 0 Å². The minimum absolute atomic E-state index is 0.0561. The Morgan fingerprint density at radius 1 is 1.14 bits per heavy atom. The number of rotatable bonds is 7. The average Bonchev–Trinajstić information content (AvgIpc) is 3.12. The zero-order chi connectivity index (χ0) is 26.7. The Morgan fingerprint density at radius 2 is 1.81 bits per heavy atom. The quantitative estimate of drug-likeness (QED) is 0.323. The van der Waals surface area contributed by atoms with E-state index in [9.17, 15) is 18.0 Å². The van der Waals surface area contributed by atoms with Crippen LogP contribution in [0, 0.1) is 5.41 Å². The number of nitrogens with zero attached hydrogens (tertiary/aromatic N) is 1. The van der Waals surface area contributed by atoms with Crippen LogP contribution in [0.15, 0.2) is 81.0 Å². The number of sulfonamides is 1. The molecule has 0 spiro atoms. The second kappa shape index (κ2) is 11.1. The lowest BCUT2D eigenvalue weighted by molar-refractivity contribution is -0.118. The fourth-order valence-corrected chi connectivity index (χ4v) is 5.16. The molecule has 0 radical (unpaired) electrons. The van der Waals surface area contributed by atoms with Crippen LogP contribution in [0.25, 0.3) is 6.08 Å². The van der Waals surface area contributed by atoms with Gasteiger partial charge in [0.15, 0.2) is 11.8 Å². The molecule has 9 nitrogen and oxygen atoms in total. The number of hydrogen-bond donors (Lipinski definition) is 3. The maximum atomic E-state index is 13.1. The molecule has 4 rings (SSSR count). The molecule has 0 unspecified atom stereocenters. The van der Waals surface area contributed by atoms with E-state index in [1.807, 2.05) is 0 Å². The van der Waals surface area contributed by atoms with E-state index in [1.54, 1.807) is 48.5 Å². The molecule has 1 heterocycles. The summed E-state index contributed by atoms with van der Waals surface area (Å²) in [5.74, 6) is -0.492. The van der Waals surface area contributed by atoms with Gasteiger partial charge >= 0.3 is 0 Å². The van der Waals surface area contributed by atoms with Gasteiger partial charge in [0.05, 0.1) is 15.5 Å². The largest absolute Gasteiger partial charge is 0.483 e. The highest BCUT2D eigenvalue weighted by atomic mass is 79.9. The first-order valence-corrected chi connectivity index (χ1v) is 14.0. The number of carbonyl (C=O) groups excluding carboxylic acids is 2. The van der Waals surface area contributed by atoms with Crippen molar-refractivity contribution in [1.82, 2.24) is 0 Å². The fourth-order valence-electron chi connectivity index (χ4n) is 3.28. The van der Waals surface area contributed by atoms with Crippen LogP contribution in [0.4, 0.5) is 11.4 Å². The number of halogens is 2. The summed E-state index contributed by atoms with van der Waals surface area (Å²) < 4.78 is 29.4. The van der Waals surface area contributed by atoms with Crippen LogP contribution in [-0.2, 0) is 19.6 Å². The number of hydrogen-bond acceptors (Lipinski definition) is 7. The topological polar surface area (TPSA) is 143 Å². The number of ether oxygens (including phenoxy) is 1. The van der Waals surface area contributed by atoms with Crippen LogP contribution < -0.4 is 20.1 Å². The molecule has 190 valence electrons. The lowest BCUT2D eigenvalue weighted by Crippen LogP contribution is -2.28. The number of amidine groups is 1. The van der Waals surface area contributed by atoms with E-state index in [0.717, 1.165) is 21.1 Å². The van der Waals surface area contributed by atoms with Crippen molar-refractivity contribution in [2.45, 2.75) is 4.90 Å². The van der Waals surface area contributed by atoms with E-state index < -0.39 is 15.9 Å². The van der Waals surface area contributed by atoms with Gasteiger partial charge in [-0.05, 0) is 84.6 Å². The van der Waals surface area contributed by atoms with E-state index in [1.165, 1.54) is 24.3 Å². The summed E-state index contributed by atoms with van der Waals surface area (Å²) in [6, 6.07) is 17.1. The second-order valence-electron chi connectivity index (χ2n) is 7.62. The van der Waals surface area contributed by atoms with Gasteiger partial charge in [0.1, 0.15) is 5.75 Å². The van der Waals surface area contributed by atoms with Gasteiger partial charge in [-0.2, -0.15) is 0 Å². The molecular formula is C24H18BrClN4O5S2. The van der Waals surface area contributed by atoms with Crippen molar-refractivity contribution in [2.24, 2.45) is 5.14 Å². The normalized spacial score (nSPS) is 14.8. The molecule has 0 aromatic heterocycles. The van der Waals surface area contributed by atoms with Gasteiger partial charge in [0.25, 0.3) is 11.8 Å². The minimum atomic E-state index is -3.89. The summed E-state index contributed by atoms with van der Waals surface area (Å²) in [6.07, 6.45) is 1.57. The number of thioether (sulfide) groups is 1. The highest BCUT2D eigenvalue weighted by Gasteiger charge is 2.34.